The van der Waals surface area contributed by atoms with Crippen LogP contribution in [-0.4, -0.2) is 8.07 Å². The van der Waals surface area contributed by atoms with Gasteiger partial charge in [0.25, 0.3) is 0 Å². The van der Waals surface area contributed by atoms with Crippen LogP contribution in [0.4, 0.5) is 11.4 Å². The number of nitrogen functional groups attached to an aromatic ring is 2. The van der Waals surface area contributed by atoms with Gasteiger partial charge in [-0.1, -0.05) is 49.1 Å². The van der Waals surface area contributed by atoms with Crippen LogP contribution in [-0.2, 0) is 0 Å². The SMILES string of the molecule is C[Si](C)(C)c1ccc(-c2cc(N)ccc2N)cc1. The first-order valence-electron chi connectivity index (χ1n) is 6.14. The molecule has 2 rings (SSSR count). The van der Waals surface area contributed by atoms with E-state index in [1.54, 1.807) is 0 Å². The predicted molar refractivity (Wildman–Crippen MR) is 83.7 cm³/mol. The normalized spacial score (nSPS) is 11.5. The Labute approximate surface area is 110 Å². The maximum Gasteiger partial charge on any atom is 0.0775 e. The monoisotopic (exact) mass is 256 g/mol. The Hall–Kier alpha value is -1.74. The number of rotatable bonds is 2. The van der Waals surface area contributed by atoms with E-state index in [1.165, 1.54) is 5.19 Å². The Balaban J connectivity index is 2.43. The first-order valence-corrected chi connectivity index (χ1v) is 9.64. The summed E-state index contributed by atoms with van der Waals surface area (Å²) in [4.78, 5) is 0. The fraction of sp³-hybridized carbons (Fsp3) is 0.200. The van der Waals surface area contributed by atoms with Crippen molar-refractivity contribution in [1.29, 1.82) is 0 Å². The molecule has 0 bridgehead atoms. The summed E-state index contributed by atoms with van der Waals surface area (Å²) in [6.07, 6.45) is 0. The number of anilines is 2. The van der Waals surface area contributed by atoms with E-state index >= 15 is 0 Å². The lowest BCUT2D eigenvalue weighted by Crippen LogP contribution is -2.37. The fourth-order valence-electron chi connectivity index (χ4n) is 1.97. The fourth-order valence-corrected chi connectivity index (χ4v) is 3.14. The van der Waals surface area contributed by atoms with Gasteiger partial charge in [-0.2, -0.15) is 0 Å². The second kappa shape index (κ2) is 4.50. The van der Waals surface area contributed by atoms with E-state index in [0.717, 1.165) is 22.5 Å². The van der Waals surface area contributed by atoms with Gasteiger partial charge in [-0.05, 0) is 23.8 Å². The molecule has 0 saturated carbocycles. The van der Waals surface area contributed by atoms with Crippen LogP contribution in [0.15, 0.2) is 42.5 Å². The van der Waals surface area contributed by atoms with Crippen molar-refractivity contribution >= 4 is 24.6 Å². The van der Waals surface area contributed by atoms with Crippen molar-refractivity contribution in [1.82, 2.24) is 0 Å². The third-order valence-electron chi connectivity index (χ3n) is 3.14. The zero-order valence-corrected chi connectivity index (χ0v) is 12.2. The van der Waals surface area contributed by atoms with Crippen LogP contribution in [0.25, 0.3) is 11.1 Å². The average Bonchev–Trinajstić information content (AvgIpc) is 2.31. The van der Waals surface area contributed by atoms with E-state index in [4.69, 9.17) is 11.5 Å². The Kier molecular flexibility index (Phi) is 3.18. The van der Waals surface area contributed by atoms with E-state index in [0.29, 0.717) is 0 Å². The van der Waals surface area contributed by atoms with Crippen LogP contribution in [0.2, 0.25) is 19.6 Å². The van der Waals surface area contributed by atoms with Crippen molar-refractivity contribution < 1.29 is 0 Å². The molecule has 0 amide bonds. The maximum absolute atomic E-state index is 6.00. The van der Waals surface area contributed by atoms with E-state index in [-0.39, 0.29) is 0 Å². The van der Waals surface area contributed by atoms with Gasteiger partial charge in [-0.3, -0.25) is 0 Å². The first-order chi connectivity index (χ1) is 8.38. The summed E-state index contributed by atoms with van der Waals surface area (Å²) < 4.78 is 0. The minimum absolute atomic E-state index is 0.744. The van der Waals surface area contributed by atoms with Crippen LogP contribution >= 0.6 is 0 Å². The zero-order chi connectivity index (χ0) is 13.3. The molecule has 0 aliphatic carbocycles. The van der Waals surface area contributed by atoms with Gasteiger partial charge in [0.2, 0.25) is 0 Å². The van der Waals surface area contributed by atoms with Gasteiger partial charge in [0, 0.05) is 16.9 Å². The molecule has 94 valence electrons. The molecule has 0 heterocycles. The Bertz CT molecular complexity index is 554. The summed E-state index contributed by atoms with van der Waals surface area (Å²) in [5, 5.41) is 1.45. The molecule has 0 aliphatic rings. The van der Waals surface area contributed by atoms with Crippen LogP contribution in [0.1, 0.15) is 0 Å². The smallest absolute Gasteiger partial charge is 0.0775 e. The van der Waals surface area contributed by atoms with Crippen molar-refractivity contribution in [3.63, 3.8) is 0 Å². The molecule has 0 atom stereocenters. The molecule has 0 spiro atoms. The molecular weight excluding hydrogens is 236 g/mol. The van der Waals surface area contributed by atoms with Gasteiger partial charge >= 0.3 is 0 Å². The van der Waals surface area contributed by atoms with Gasteiger partial charge in [0.05, 0.1) is 8.07 Å². The highest BCUT2D eigenvalue weighted by Gasteiger charge is 2.15. The summed E-state index contributed by atoms with van der Waals surface area (Å²) in [5.74, 6) is 0. The summed E-state index contributed by atoms with van der Waals surface area (Å²) in [7, 11) is -1.24. The number of hydrogen-bond acceptors (Lipinski definition) is 2. The number of benzene rings is 2. The minimum Gasteiger partial charge on any atom is -0.399 e. The maximum atomic E-state index is 6.00. The van der Waals surface area contributed by atoms with Crippen molar-refractivity contribution in [2.45, 2.75) is 19.6 Å². The third kappa shape index (κ3) is 2.56. The molecular formula is C15H20N2Si. The Morgan fingerprint density at radius 2 is 1.44 bits per heavy atom. The molecule has 0 radical (unpaired) electrons. The minimum atomic E-state index is -1.24. The summed E-state index contributed by atoms with van der Waals surface area (Å²) >= 11 is 0. The lowest BCUT2D eigenvalue weighted by atomic mass is 10.0. The van der Waals surface area contributed by atoms with E-state index in [1.807, 2.05) is 18.2 Å². The zero-order valence-electron chi connectivity index (χ0n) is 11.2. The molecule has 4 N–H and O–H groups in total. The van der Waals surface area contributed by atoms with Crippen molar-refractivity contribution in [3.05, 3.63) is 42.5 Å². The molecule has 18 heavy (non-hydrogen) atoms. The molecule has 0 aliphatic heterocycles. The van der Waals surface area contributed by atoms with Gasteiger partial charge in [0.1, 0.15) is 0 Å². The van der Waals surface area contributed by atoms with Gasteiger partial charge in [0.15, 0.2) is 0 Å². The van der Waals surface area contributed by atoms with Crippen LogP contribution in [0.3, 0.4) is 0 Å². The molecule has 0 saturated heterocycles. The molecule has 2 aromatic carbocycles. The Morgan fingerprint density at radius 3 is 2.00 bits per heavy atom. The van der Waals surface area contributed by atoms with Crippen LogP contribution < -0.4 is 16.7 Å². The summed E-state index contributed by atoms with van der Waals surface area (Å²) in [6, 6.07) is 14.3. The number of nitrogens with two attached hydrogens (primary N) is 2. The average molecular weight is 256 g/mol. The third-order valence-corrected chi connectivity index (χ3v) is 5.20. The predicted octanol–water partition coefficient (Wildman–Crippen LogP) is 3.06. The van der Waals surface area contributed by atoms with Gasteiger partial charge < -0.3 is 11.5 Å². The van der Waals surface area contributed by atoms with E-state index in [9.17, 15) is 0 Å². The second-order valence-corrected chi connectivity index (χ2v) is 10.8. The quantitative estimate of drug-likeness (QED) is 0.641. The first kappa shape index (κ1) is 12.7. The largest absolute Gasteiger partial charge is 0.399 e. The molecule has 0 fully saturated rings. The van der Waals surface area contributed by atoms with Crippen LogP contribution in [0.5, 0.6) is 0 Å². The van der Waals surface area contributed by atoms with Crippen LogP contribution in [0, 0.1) is 0 Å². The van der Waals surface area contributed by atoms with Crippen molar-refractivity contribution in [2.75, 3.05) is 11.5 Å². The lowest BCUT2D eigenvalue weighted by molar-refractivity contribution is 1.60. The topological polar surface area (TPSA) is 52.0 Å². The molecule has 2 aromatic rings. The summed E-state index contributed by atoms with van der Waals surface area (Å²) in [5.41, 5.74) is 15.5. The lowest BCUT2D eigenvalue weighted by Gasteiger charge is -2.17. The van der Waals surface area contributed by atoms with E-state index < -0.39 is 8.07 Å². The molecule has 2 nitrogen and oxygen atoms in total. The highest BCUT2D eigenvalue weighted by atomic mass is 28.3. The summed E-state index contributed by atoms with van der Waals surface area (Å²) in [6.45, 7) is 7.03. The molecule has 0 aromatic heterocycles. The second-order valence-electron chi connectivity index (χ2n) is 5.67. The highest BCUT2D eigenvalue weighted by molar-refractivity contribution is 6.88. The molecule has 0 unspecified atom stereocenters. The van der Waals surface area contributed by atoms with Gasteiger partial charge in [-0.15, -0.1) is 0 Å². The number of hydrogen-bond donors (Lipinski definition) is 2. The van der Waals surface area contributed by atoms with E-state index in [2.05, 4.69) is 43.9 Å². The van der Waals surface area contributed by atoms with Crippen molar-refractivity contribution in [2.24, 2.45) is 0 Å². The standard InChI is InChI=1S/C15H20N2Si/c1-18(2,3)13-7-4-11(5-8-13)14-10-12(16)6-9-15(14)17/h4-10H,16-17H2,1-3H3. The van der Waals surface area contributed by atoms with Gasteiger partial charge in [-0.25, -0.2) is 0 Å². The van der Waals surface area contributed by atoms with Crippen molar-refractivity contribution in [3.8, 4) is 11.1 Å². The highest BCUT2D eigenvalue weighted by Crippen LogP contribution is 2.27. The molecule has 3 heteroatoms. The Morgan fingerprint density at radius 1 is 0.833 bits per heavy atom.